The van der Waals surface area contributed by atoms with Crippen LogP contribution in [0.3, 0.4) is 0 Å². The van der Waals surface area contributed by atoms with Gasteiger partial charge in [0.25, 0.3) is 0 Å². The number of rotatable bonds is 5. The van der Waals surface area contributed by atoms with Gasteiger partial charge in [0.05, 0.1) is 5.69 Å². The van der Waals surface area contributed by atoms with Crippen LogP contribution in [0.15, 0.2) is 35.1 Å². The molecule has 2 rings (SSSR count). The van der Waals surface area contributed by atoms with E-state index >= 15 is 0 Å². The first-order valence-corrected chi connectivity index (χ1v) is 7.12. The third kappa shape index (κ3) is 3.06. The van der Waals surface area contributed by atoms with Crippen LogP contribution < -0.4 is 5.32 Å². The van der Waals surface area contributed by atoms with Crippen LogP contribution in [0.1, 0.15) is 19.8 Å². The molecule has 0 saturated heterocycles. The van der Waals surface area contributed by atoms with Gasteiger partial charge in [0.1, 0.15) is 0 Å². The smallest absolute Gasteiger partial charge is 0.207 e. The highest BCUT2D eigenvalue weighted by Crippen LogP contribution is 2.26. The summed E-state index contributed by atoms with van der Waals surface area (Å²) in [5.74, 6) is 0.853. The van der Waals surface area contributed by atoms with E-state index in [2.05, 4.69) is 33.2 Å². The molecule has 1 N–H and O–H groups in total. The first kappa shape index (κ1) is 13.4. The molecular formula is C13H15BrClN3. The largest absolute Gasteiger partial charge is 0.355 e. The second kappa shape index (κ2) is 6.25. The lowest BCUT2D eigenvalue weighted by Gasteiger charge is -2.11. The number of halogens is 2. The number of hydrogen-bond donors (Lipinski definition) is 1. The summed E-state index contributed by atoms with van der Waals surface area (Å²) in [6, 6.07) is 5.73. The standard InChI is InChI=1S/C13H15BrClN3/c1-2-3-6-16-13-17-7-8-18(13)12-5-4-10(15)9-11(12)14/h4-5,7-9H,2-3,6H2,1H3,(H,16,17). The molecule has 18 heavy (non-hydrogen) atoms. The molecule has 2 aromatic rings. The molecule has 5 heteroatoms. The molecule has 0 bridgehead atoms. The molecule has 0 aliphatic rings. The molecule has 96 valence electrons. The van der Waals surface area contributed by atoms with Crippen LogP contribution in [0, 0.1) is 0 Å². The number of imidazole rings is 1. The minimum absolute atomic E-state index is 0.714. The van der Waals surface area contributed by atoms with E-state index in [0.29, 0.717) is 5.02 Å². The molecule has 0 saturated carbocycles. The summed E-state index contributed by atoms with van der Waals surface area (Å²) < 4.78 is 2.96. The Morgan fingerprint density at radius 2 is 2.28 bits per heavy atom. The molecule has 0 aliphatic carbocycles. The lowest BCUT2D eigenvalue weighted by atomic mass is 10.3. The molecule has 1 heterocycles. The topological polar surface area (TPSA) is 29.9 Å². The zero-order chi connectivity index (χ0) is 13.0. The van der Waals surface area contributed by atoms with E-state index in [9.17, 15) is 0 Å². The number of nitrogens with zero attached hydrogens (tertiary/aromatic N) is 2. The summed E-state index contributed by atoms with van der Waals surface area (Å²) in [5, 5.41) is 4.05. The van der Waals surface area contributed by atoms with Gasteiger partial charge in [-0.3, -0.25) is 4.57 Å². The van der Waals surface area contributed by atoms with E-state index < -0.39 is 0 Å². The molecule has 0 radical (unpaired) electrons. The van der Waals surface area contributed by atoms with Crippen molar-refractivity contribution in [1.82, 2.24) is 9.55 Å². The van der Waals surface area contributed by atoms with Crippen LogP contribution in [0.25, 0.3) is 5.69 Å². The molecule has 0 amide bonds. The van der Waals surface area contributed by atoms with E-state index in [4.69, 9.17) is 11.6 Å². The highest BCUT2D eigenvalue weighted by Gasteiger charge is 2.07. The van der Waals surface area contributed by atoms with Crippen molar-refractivity contribution in [2.75, 3.05) is 11.9 Å². The average Bonchev–Trinajstić information content (AvgIpc) is 2.78. The van der Waals surface area contributed by atoms with E-state index in [1.165, 1.54) is 6.42 Å². The highest BCUT2D eigenvalue weighted by atomic mass is 79.9. The maximum atomic E-state index is 5.95. The van der Waals surface area contributed by atoms with Crippen molar-refractivity contribution in [2.45, 2.75) is 19.8 Å². The Hall–Kier alpha value is -1.000. The van der Waals surface area contributed by atoms with E-state index in [0.717, 1.165) is 29.1 Å². The predicted molar refractivity (Wildman–Crippen MR) is 79.7 cm³/mol. The number of unbranched alkanes of at least 4 members (excludes halogenated alkanes) is 1. The van der Waals surface area contributed by atoms with Gasteiger partial charge in [-0.15, -0.1) is 0 Å². The van der Waals surface area contributed by atoms with Crippen molar-refractivity contribution in [3.8, 4) is 5.69 Å². The molecule has 0 aliphatic heterocycles. The number of aromatic nitrogens is 2. The first-order chi connectivity index (χ1) is 8.72. The van der Waals surface area contributed by atoms with Crippen LogP contribution in [0.4, 0.5) is 5.95 Å². The fourth-order valence-electron chi connectivity index (χ4n) is 1.68. The van der Waals surface area contributed by atoms with Gasteiger partial charge < -0.3 is 5.32 Å². The normalized spacial score (nSPS) is 10.6. The SMILES string of the molecule is CCCCNc1nccn1-c1ccc(Cl)cc1Br. The predicted octanol–water partition coefficient (Wildman–Crippen LogP) is 4.50. The molecule has 0 fully saturated rings. The number of benzene rings is 1. The Morgan fingerprint density at radius 1 is 1.44 bits per heavy atom. The van der Waals surface area contributed by atoms with E-state index in [1.54, 1.807) is 6.20 Å². The van der Waals surface area contributed by atoms with Gasteiger partial charge >= 0.3 is 0 Å². The van der Waals surface area contributed by atoms with Crippen molar-refractivity contribution >= 4 is 33.5 Å². The zero-order valence-corrected chi connectivity index (χ0v) is 12.5. The fourth-order valence-corrected chi connectivity index (χ4v) is 2.56. The lowest BCUT2D eigenvalue weighted by molar-refractivity contribution is 0.823. The van der Waals surface area contributed by atoms with Crippen molar-refractivity contribution in [1.29, 1.82) is 0 Å². The quantitative estimate of drug-likeness (QED) is 0.819. The van der Waals surface area contributed by atoms with Gasteiger partial charge in [-0.2, -0.15) is 0 Å². The summed E-state index contributed by atoms with van der Waals surface area (Å²) >= 11 is 9.47. The van der Waals surface area contributed by atoms with Gasteiger partial charge in [0.2, 0.25) is 5.95 Å². The summed E-state index contributed by atoms with van der Waals surface area (Å²) in [7, 11) is 0. The number of nitrogens with one attached hydrogen (secondary N) is 1. The second-order valence-electron chi connectivity index (χ2n) is 4.00. The summed E-state index contributed by atoms with van der Waals surface area (Å²) in [6.45, 7) is 3.10. The van der Waals surface area contributed by atoms with Gasteiger partial charge in [0, 0.05) is 28.4 Å². The Kier molecular flexibility index (Phi) is 4.66. The van der Waals surface area contributed by atoms with Gasteiger partial charge in [0.15, 0.2) is 0 Å². The zero-order valence-electron chi connectivity index (χ0n) is 10.2. The second-order valence-corrected chi connectivity index (χ2v) is 5.29. The maximum Gasteiger partial charge on any atom is 0.207 e. The highest BCUT2D eigenvalue weighted by molar-refractivity contribution is 9.10. The van der Waals surface area contributed by atoms with Gasteiger partial charge in [-0.25, -0.2) is 4.98 Å². The summed E-state index contributed by atoms with van der Waals surface area (Å²) in [4.78, 5) is 4.33. The summed E-state index contributed by atoms with van der Waals surface area (Å²) in [6.07, 6.45) is 6.02. The van der Waals surface area contributed by atoms with E-state index in [-0.39, 0.29) is 0 Å². The Bertz CT molecular complexity index is 525. The molecule has 0 spiro atoms. The van der Waals surface area contributed by atoms with Gasteiger partial charge in [-0.05, 0) is 40.5 Å². The van der Waals surface area contributed by atoms with Crippen LogP contribution in [0.2, 0.25) is 5.02 Å². The van der Waals surface area contributed by atoms with Crippen molar-refractivity contribution in [3.05, 3.63) is 40.1 Å². The van der Waals surface area contributed by atoms with E-state index in [1.807, 2.05) is 29.0 Å². The monoisotopic (exact) mass is 327 g/mol. The maximum absolute atomic E-state index is 5.95. The van der Waals surface area contributed by atoms with Crippen molar-refractivity contribution < 1.29 is 0 Å². The third-order valence-electron chi connectivity index (χ3n) is 2.62. The first-order valence-electron chi connectivity index (χ1n) is 5.95. The fraction of sp³-hybridized carbons (Fsp3) is 0.308. The molecular weight excluding hydrogens is 314 g/mol. The van der Waals surface area contributed by atoms with Crippen LogP contribution in [0.5, 0.6) is 0 Å². The van der Waals surface area contributed by atoms with Crippen LogP contribution >= 0.6 is 27.5 Å². The number of anilines is 1. The minimum Gasteiger partial charge on any atom is -0.355 e. The number of hydrogen-bond acceptors (Lipinski definition) is 2. The Balaban J connectivity index is 2.25. The van der Waals surface area contributed by atoms with Crippen molar-refractivity contribution in [2.24, 2.45) is 0 Å². The Morgan fingerprint density at radius 3 is 3.00 bits per heavy atom. The average molecular weight is 329 g/mol. The molecule has 3 nitrogen and oxygen atoms in total. The minimum atomic E-state index is 0.714. The molecule has 1 aromatic carbocycles. The third-order valence-corrected chi connectivity index (χ3v) is 3.49. The van der Waals surface area contributed by atoms with Crippen molar-refractivity contribution in [3.63, 3.8) is 0 Å². The summed E-state index contributed by atoms with van der Waals surface area (Å²) in [5.41, 5.74) is 1.02. The molecule has 0 atom stereocenters. The molecule has 1 aromatic heterocycles. The van der Waals surface area contributed by atoms with Crippen LogP contribution in [-0.4, -0.2) is 16.1 Å². The lowest BCUT2D eigenvalue weighted by Crippen LogP contribution is -2.07. The Labute approximate surface area is 120 Å². The molecule has 0 unspecified atom stereocenters. The van der Waals surface area contributed by atoms with Crippen LogP contribution in [-0.2, 0) is 0 Å². The van der Waals surface area contributed by atoms with Gasteiger partial charge in [-0.1, -0.05) is 24.9 Å².